The van der Waals surface area contributed by atoms with Gasteiger partial charge in [-0.2, -0.15) is 0 Å². The van der Waals surface area contributed by atoms with Gasteiger partial charge in [0.2, 0.25) is 0 Å². The fourth-order valence-electron chi connectivity index (χ4n) is 3.00. The van der Waals surface area contributed by atoms with Crippen molar-refractivity contribution in [2.45, 2.75) is 57.5 Å². The topological polar surface area (TPSA) is 95.5 Å². The number of rotatable bonds is 6. The van der Waals surface area contributed by atoms with Gasteiger partial charge in [0.1, 0.15) is 4.90 Å². The molecule has 2 rings (SSSR count). The highest BCUT2D eigenvalue weighted by Crippen LogP contribution is 2.32. The summed E-state index contributed by atoms with van der Waals surface area (Å²) in [6.45, 7) is 9.51. The molecule has 0 heterocycles. The molecule has 1 atom stereocenters. The molecule has 8 heteroatoms. The SMILES string of the molecule is CC(C)c1cccc(C(C)C)c1NC(=O)NS(=O)(=O)c1cc(C(C)O)ccc1Cl. The number of nitrogens with one attached hydrogen (secondary N) is 2. The number of anilines is 1. The van der Waals surface area contributed by atoms with E-state index >= 15 is 0 Å². The average molecular weight is 439 g/mol. The number of para-hydroxylation sites is 1. The molecule has 0 bridgehead atoms. The molecular formula is C21H27ClN2O4S. The summed E-state index contributed by atoms with van der Waals surface area (Å²) in [6.07, 6.45) is -0.874. The van der Waals surface area contributed by atoms with Crippen molar-refractivity contribution in [2.24, 2.45) is 0 Å². The molecule has 1 unspecified atom stereocenters. The number of hydrogen-bond acceptors (Lipinski definition) is 4. The van der Waals surface area contributed by atoms with Gasteiger partial charge in [-0.1, -0.05) is 63.6 Å². The zero-order valence-corrected chi connectivity index (χ0v) is 18.7. The summed E-state index contributed by atoms with van der Waals surface area (Å²) in [7, 11) is -4.24. The van der Waals surface area contributed by atoms with Gasteiger partial charge in [0, 0.05) is 5.69 Å². The normalized spacial score (nSPS) is 12.9. The van der Waals surface area contributed by atoms with Crippen molar-refractivity contribution in [1.29, 1.82) is 0 Å². The first-order valence-electron chi connectivity index (χ1n) is 9.38. The first kappa shape index (κ1) is 23.2. The molecule has 0 spiro atoms. The van der Waals surface area contributed by atoms with E-state index in [1.807, 2.05) is 50.6 Å². The second-order valence-electron chi connectivity index (χ2n) is 7.55. The Kier molecular flexibility index (Phi) is 7.32. The first-order chi connectivity index (χ1) is 13.4. The van der Waals surface area contributed by atoms with Crippen LogP contribution in [0.1, 0.15) is 69.2 Å². The fraction of sp³-hybridized carbons (Fsp3) is 0.381. The number of sulfonamides is 1. The Labute approximate surface area is 177 Å². The van der Waals surface area contributed by atoms with Gasteiger partial charge in [0.25, 0.3) is 10.0 Å². The smallest absolute Gasteiger partial charge is 0.333 e. The van der Waals surface area contributed by atoms with E-state index in [2.05, 4.69) is 5.32 Å². The summed E-state index contributed by atoms with van der Waals surface area (Å²) in [5.41, 5.74) is 2.81. The highest BCUT2D eigenvalue weighted by molar-refractivity contribution is 7.90. The Balaban J connectivity index is 2.36. The summed E-state index contributed by atoms with van der Waals surface area (Å²) >= 11 is 6.03. The lowest BCUT2D eigenvalue weighted by Crippen LogP contribution is -2.35. The first-order valence-corrected chi connectivity index (χ1v) is 11.2. The monoisotopic (exact) mass is 438 g/mol. The summed E-state index contributed by atoms with van der Waals surface area (Å²) < 4.78 is 27.5. The Morgan fingerprint density at radius 1 is 1.00 bits per heavy atom. The fourth-order valence-corrected chi connectivity index (χ4v) is 4.44. The van der Waals surface area contributed by atoms with Crippen molar-refractivity contribution < 1.29 is 18.3 Å². The van der Waals surface area contributed by atoms with Gasteiger partial charge in [-0.3, -0.25) is 0 Å². The van der Waals surface area contributed by atoms with E-state index in [4.69, 9.17) is 11.6 Å². The Bertz CT molecular complexity index is 975. The predicted octanol–water partition coefficient (Wildman–Crippen LogP) is 5.15. The molecule has 0 aliphatic carbocycles. The molecule has 0 aliphatic heterocycles. The molecule has 0 radical (unpaired) electrons. The van der Waals surface area contributed by atoms with E-state index in [0.29, 0.717) is 11.3 Å². The zero-order chi connectivity index (χ0) is 21.9. The van der Waals surface area contributed by atoms with Crippen LogP contribution >= 0.6 is 11.6 Å². The molecule has 0 fully saturated rings. The van der Waals surface area contributed by atoms with E-state index in [1.165, 1.54) is 25.1 Å². The van der Waals surface area contributed by atoms with Crippen LogP contribution in [0, 0.1) is 0 Å². The van der Waals surface area contributed by atoms with Crippen molar-refractivity contribution >= 4 is 33.3 Å². The van der Waals surface area contributed by atoms with Crippen LogP contribution in [-0.2, 0) is 10.0 Å². The summed E-state index contributed by atoms with van der Waals surface area (Å²) in [6, 6.07) is 9.02. The quantitative estimate of drug-likeness (QED) is 0.581. The molecule has 0 saturated carbocycles. The third-order valence-corrected chi connectivity index (χ3v) is 6.38. The van der Waals surface area contributed by atoms with E-state index in [1.54, 1.807) is 0 Å². The maximum absolute atomic E-state index is 12.7. The van der Waals surface area contributed by atoms with Gasteiger partial charge >= 0.3 is 6.03 Å². The minimum atomic E-state index is -4.24. The van der Waals surface area contributed by atoms with E-state index in [9.17, 15) is 18.3 Å². The molecule has 2 amide bonds. The van der Waals surface area contributed by atoms with E-state index < -0.39 is 22.2 Å². The van der Waals surface area contributed by atoms with Gasteiger partial charge in [-0.15, -0.1) is 0 Å². The number of halogens is 1. The van der Waals surface area contributed by atoms with Crippen molar-refractivity contribution in [3.05, 3.63) is 58.1 Å². The molecule has 6 nitrogen and oxygen atoms in total. The second-order valence-corrected chi connectivity index (χ2v) is 9.60. The van der Waals surface area contributed by atoms with Crippen molar-refractivity contribution in [1.82, 2.24) is 4.72 Å². The molecule has 29 heavy (non-hydrogen) atoms. The molecule has 0 aliphatic rings. The van der Waals surface area contributed by atoms with Crippen molar-refractivity contribution in [2.75, 3.05) is 5.32 Å². The molecule has 2 aromatic rings. The lowest BCUT2D eigenvalue weighted by Gasteiger charge is -2.20. The van der Waals surface area contributed by atoms with E-state index in [0.717, 1.165) is 11.1 Å². The number of aliphatic hydroxyl groups excluding tert-OH is 1. The lowest BCUT2D eigenvalue weighted by molar-refractivity contribution is 0.199. The van der Waals surface area contributed by atoms with Crippen LogP contribution in [0.15, 0.2) is 41.3 Å². The number of carbonyl (C=O) groups excluding carboxylic acids is 1. The second kappa shape index (κ2) is 9.15. The van der Waals surface area contributed by atoms with Gasteiger partial charge in [0.05, 0.1) is 11.1 Å². The Morgan fingerprint density at radius 3 is 2.03 bits per heavy atom. The van der Waals surface area contributed by atoms with Crippen molar-refractivity contribution in [3.8, 4) is 0 Å². The van der Waals surface area contributed by atoms with Crippen LogP contribution in [0.3, 0.4) is 0 Å². The molecular weight excluding hydrogens is 412 g/mol. The van der Waals surface area contributed by atoms with Crippen LogP contribution in [-0.4, -0.2) is 19.6 Å². The maximum atomic E-state index is 12.7. The minimum Gasteiger partial charge on any atom is -0.389 e. The number of urea groups is 1. The Morgan fingerprint density at radius 2 is 1.55 bits per heavy atom. The number of carbonyl (C=O) groups is 1. The summed E-state index contributed by atoms with van der Waals surface area (Å²) in [5, 5.41) is 12.4. The van der Waals surface area contributed by atoms with Gasteiger partial charge in [-0.25, -0.2) is 17.9 Å². The largest absolute Gasteiger partial charge is 0.389 e. The van der Waals surface area contributed by atoms with Gasteiger partial charge in [-0.05, 0) is 47.6 Å². The highest BCUT2D eigenvalue weighted by Gasteiger charge is 2.24. The van der Waals surface area contributed by atoms with Gasteiger partial charge in [0.15, 0.2) is 0 Å². The molecule has 0 aromatic heterocycles. The van der Waals surface area contributed by atoms with E-state index in [-0.39, 0.29) is 21.8 Å². The van der Waals surface area contributed by atoms with Crippen LogP contribution in [0.2, 0.25) is 5.02 Å². The standard InChI is InChI=1S/C21H27ClN2O4S/c1-12(2)16-7-6-8-17(13(3)4)20(16)23-21(26)24-29(27,28)19-11-15(14(5)25)9-10-18(19)22/h6-14,25H,1-5H3,(H2,23,24,26). The molecule has 2 aromatic carbocycles. The van der Waals surface area contributed by atoms with Crippen molar-refractivity contribution in [3.63, 3.8) is 0 Å². The summed E-state index contributed by atoms with van der Waals surface area (Å²) in [4.78, 5) is 12.3. The number of hydrogen-bond donors (Lipinski definition) is 3. The van der Waals surface area contributed by atoms with Crippen LogP contribution in [0.5, 0.6) is 0 Å². The number of amides is 2. The Hall–Kier alpha value is -2.09. The number of benzene rings is 2. The van der Waals surface area contributed by atoms with Gasteiger partial charge < -0.3 is 10.4 Å². The van der Waals surface area contributed by atoms with Crippen LogP contribution in [0.25, 0.3) is 0 Å². The molecule has 3 N–H and O–H groups in total. The minimum absolute atomic E-state index is 0.0415. The third kappa shape index (κ3) is 5.50. The summed E-state index contributed by atoms with van der Waals surface area (Å²) in [5.74, 6) is 0.274. The lowest BCUT2D eigenvalue weighted by atomic mass is 9.93. The number of aliphatic hydroxyl groups is 1. The molecule has 0 saturated heterocycles. The third-order valence-electron chi connectivity index (χ3n) is 4.57. The maximum Gasteiger partial charge on any atom is 0.333 e. The predicted molar refractivity (Wildman–Crippen MR) is 116 cm³/mol. The zero-order valence-electron chi connectivity index (χ0n) is 17.2. The van der Waals surface area contributed by atoms with Crippen LogP contribution < -0.4 is 10.0 Å². The molecule has 158 valence electrons. The van der Waals surface area contributed by atoms with Crippen LogP contribution in [0.4, 0.5) is 10.5 Å². The average Bonchev–Trinajstić information content (AvgIpc) is 2.60. The highest BCUT2D eigenvalue weighted by atomic mass is 35.5.